The summed E-state index contributed by atoms with van der Waals surface area (Å²) in [6, 6.07) is 3.92. The van der Waals surface area contributed by atoms with E-state index in [9.17, 15) is 10.5 Å². The van der Waals surface area contributed by atoms with Crippen LogP contribution < -0.4 is 9.80 Å². The number of aromatic nitrogens is 2. The van der Waals surface area contributed by atoms with Gasteiger partial charge in [0.05, 0.1) is 26.4 Å². The number of hydrogen-bond acceptors (Lipinski definition) is 8. The molecule has 0 bridgehead atoms. The van der Waals surface area contributed by atoms with Gasteiger partial charge in [0.25, 0.3) is 0 Å². The van der Waals surface area contributed by atoms with Crippen LogP contribution in [-0.2, 0) is 9.47 Å². The van der Waals surface area contributed by atoms with Gasteiger partial charge < -0.3 is 19.3 Å². The number of nitrogens with zero attached hydrogens (tertiary/aromatic N) is 6. The van der Waals surface area contributed by atoms with Crippen LogP contribution in [0.2, 0.25) is 0 Å². The molecule has 8 heteroatoms. The first-order valence-corrected chi connectivity index (χ1v) is 7.21. The van der Waals surface area contributed by atoms with Gasteiger partial charge in [0, 0.05) is 26.2 Å². The minimum absolute atomic E-state index is 0.0704. The highest BCUT2D eigenvalue weighted by molar-refractivity contribution is 5.65. The lowest BCUT2D eigenvalue weighted by molar-refractivity contribution is 0.120. The highest BCUT2D eigenvalue weighted by atomic mass is 16.5. The molecule has 2 aliphatic heterocycles. The lowest BCUT2D eigenvalue weighted by Gasteiger charge is -2.34. The molecule has 0 atom stereocenters. The van der Waals surface area contributed by atoms with E-state index in [1.807, 2.05) is 12.1 Å². The summed E-state index contributed by atoms with van der Waals surface area (Å²) in [5, 5.41) is 18.4. The molecule has 0 aliphatic carbocycles. The summed E-state index contributed by atoms with van der Waals surface area (Å²) >= 11 is 0. The van der Waals surface area contributed by atoms with Gasteiger partial charge in [-0.05, 0) is 0 Å². The lowest BCUT2D eigenvalue weighted by Crippen LogP contribution is -2.41. The van der Waals surface area contributed by atoms with Crippen molar-refractivity contribution in [2.45, 2.75) is 0 Å². The van der Waals surface area contributed by atoms with Crippen molar-refractivity contribution < 1.29 is 9.47 Å². The Hall–Kier alpha value is -2.42. The standard InChI is InChI=1S/C14H16N6O2/c15-9-11-12(10-16)18-14(20-3-7-22-8-4-20)13(17-11)19-1-5-21-6-2-19/h1-8H2. The maximum absolute atomic E-state index is 9.19. The van der Waals surface area contributed by atoms with Crippen LogP contribution in [0, 0.1) is 22.7 Å². The molecule has 0 unspecified atom stereocenters. The van der Waals surface area contributed by atoms with Gasteiger partial charge in [-0.3, -0.25) is 0 Å². The van der Waals surface area contributed by atoms with Crippen molar-refractivity contribution in [3.05, 3.63) is 11.4 Å². The van der Waals surface area contributed by atoms with E-state index in [0.29, 0.717) is 64.2 Å². The number of anilines is 2. The Kier molecular flexibility index (Phi) is 4.33. The summed E-state index contributed by atoms with van der Waals surface area (Å²) in [4.78, 5) is 12.9. The monoisotopic (exact) mass is 300 g/mol. The summed E-state index contributed by atoms with van der Waals surface area (Å²) in [5.74, 6) is 1.31. The summed E-state index contributed by atoms with van der Waals surface area (Å²) in [6.07, 6.45) is 0. The summed E-state index contributed by atoms with van der Waals surface area (Å²) < 4.78 is 10.7. The minimum Gasteiger partial charge on any atom is -0.378 e. The third kappa shape index (κ3) is 2.80. The Morgan fingerprint density at radius 1 is 0.727 bits per heavy atom. The molecular formula is C14H16N6O2. The predicted molar refractivity (Wildman–Crippen MR) is 77.5 cm³/mol. The maximum atomic E-state index is 9.19. The molecule has 2 fully saturated rings. The molecule has 0 radical (unpaired) electrons. The van der Waals surface area contributed by atoms with Gasteiger partial charge in [-0.2, -0.15) is 10.5 Å². The molecule has 2 saturated heterocycles. The van der Waals surface area contributed by atoms with Gasteiger partial charge >= 0.3 is 0 Å². The molecule has 3 heterocycles. The predicted octanol–water partition coefficient (Wildman–Crippen LogP) is -0.107. The van der Waals surface area contributed by atoms with Crippen LogP contribution >= 0.6 is 0 Å². The molecule has 0 saturated carbocycles. The topological polar surface area (TPSA) is 98.3 Å². The highest BCUT2D eigenvalue weighted by Gasteiger charge is 2.25. The Balaban J connectivity index is 2.04. The first kappa shape index (κ1) is 14.5. The molecule has 1 aromatic rings. The van der Waals surface area contributed by atoms with Crippen LogP contribution in [-0.4, -0.2) is 62.6 Å². The van der Waals surface area contributed by atoms with E-state index in [4.69, 9.17) is 9.47 Å². The zero-order valence-electron chi connectivity index (χ0n) is 12.2. The Morgan fingerprint density at radius 3 is 1.41 bits per heavy atom. The SMILES string of the molecule is N#Cc1nc(N2CCOCC2)c(N2CCOCC2)nc1C#N. The van der Waals surface area contributed by atoms with Crippen molar-refractivity contribution >= 4 is 11.6 Å². The molecule has 0 N–H and O–H groups in total. The van der Waals surface area contributed by atoms with E-state index in [1.165, 1.54) is 0 Å². The third-order valence-electron chi connectivity index (χ3n) is 3.69. The molecule has 114 valence electrons. The van der Waals surface area contributed by atoms with E-state index in [2.05, 4.69) is 19.8 Å². The maximum Gasteiger partial charge on any atom is 0.179 e. The molecule has 0 amide bonds. The van der Waals surface area contributed by atoms with Gasteiger partial charge in [-0.1, -0.05) is 0 Å². The Bertz CT molecular complexity index is 568. The van der Waals surface area contributed by atoms with Gasteiger partial charge in [-0.25, -0.2) is 9.97 Å². The zero-order valence-corrected chi connectivity index (χ0v) is 12.2. The van der Waals surface area contributed by atoms with Crippen molar-refractivity contribution in [3.8, 4) is 12.1 Å². The molecule has 1 aromatic heterocycles. The first-order chi connectivity index (χ1) is 10.8. The smallest absolute Gasteiger partial charge is 0.179 e. The number of nitriles is 2. The number of rotatable bonds is 2. The highest BCUT2D eigenvalue weighted by Crippen LogP contribution is 2.28. The van der Waals surface area contributed by atoms with Crippen molar-refractivity contribution in [2.75, 3.05) is 62.4 Å². The quantitative estimate of drug-likeness (QED) is 0.746. The second kappa shape index (κ2) is 6.56. The molecule has 0 spiro atoms. The summed E-state index contributed by atoms with van der Waals surface area (Å²) in [5.41, 5.74) is 0.141. The summed E-state index contributed by atoms with van der Waals surface area (Å²) in [7, 11) is 0. The molecule has 2 aliphatic rings. The number of hydrogen-bond donors (Lipinski definition) is 0. The largest absolute Gasteiger partial charge is 0.378 e. The Morgan fingerprint density at radius 2 is 1.09 bits per heavy atom. The number of ether oxygens (including phenoxy) is 2. The zero-order chi connectivity index (χ0) is 15.4. The third-order valence-corrected chi connectivity index (χ3v) is 3.69. The molecular weight excluding hydrogens is 284 g/mol. The number of morpholine rings is 2. The van der Waals surface area contributed by atoms with Crippen LogP contribution in [0.5, 0.6) is 0 Å². The molecule has 8 nitrogen and oxygen atoms in total. The molecule has 22 heavy (non-hydrogen) atoms. The van der Waals surface area contributed by atoms with Crippen molar-refractivity contribution in [1.82, 2.24) is 9.97 Å². The van der Waals surface area contributed by atoms with Gasteiger partial charge in [0.15, 0.2) is 23.0 Å². The van der Waals surface area contributed by atoms with Crippen LogP contribution in [0.3, 0.4) is 0 Å². The van der Waals surface area contributed by atoms with Crippen molar-refractivity contribution in [3.63, 3.8) is 0 Å². The average molecular weight is 300 g/mol. The molecule has 3 rings (SSSR count). The van der Waals surface area contributed by atoms with Crippen molar-refractivity contribution in [2.24, 2.45) is 0 Å². The van der Waals surface area contributed by atoms with Gasteiger partial charge in [-0.15, -0.1) is 0 Å². The minimum atomic E-state index is 0.0704. The van der Waals surface area contributed by atoms with E-state index in [-0.39, 0.29) is 11.4 Å². The van der Waals surface area contributed by atoms with E-state index < -0.39 is 0 Å². The van der Waals surface area contributed by atoms with Crippen LogP contribution in [0.1, 0.15) is 11.4 Å². The summed E-state index contributed by atoms with van der Waals surface area (Å²) in [6.45, 7) is 5.26. The average Bonchev–Trinajstić information content (AvgIpc) is 2.62. The van der Waals surface area contributed by atoms with Crippen LogP contribution in [0.25, 0.3) is 0 Å². The normalized spacial score (nSPS) is 18.6. The fourth-order valence-corrected chi connectivity index (χ4v) is 2.55. The lowest BCUT2D eigenvalue weighted by atomic mass is 10.3. The van der Waals surface area contributed by atoms with Crippen molar-refractivity contribution in [1.29, 1.82) is 10.5 Å². The van der Waals surface area contributed by atoms with Gasteiger partial charge in [0.1, 0.15) is 12.1 Å². The van der Waals surface area contributed by atoms with Crippen LogP contribution in [0.15, 0.2) is 0 Å². The van der Waals surface area contributed by atoms with Crippen LogP contribution in [0.4, 0.5) is 11.6 Å². The Labute approximate surface area is 128 Å². The fourth-order valence-electron chi connectivity index (χ4n) is 2.55. The van der Waals surface area contributed by atoms with E-state index in [1.54, 1.807) is 0 Å². The van der Waals surface area contributed by atoms with Gasteiger partial charge in [0.2, 0.25) is 0 Å². The second-order valence-corrected chi connectivity index (χ2v) is 4.99. The van der Waals surface area contributed by atoms with E-state index >= 15 is 0 Å². The fraction of sp³-hybridized carbons (Fsp3) is 0.571. The van der Waals surface area contributed by atoms with E-state index in [0.717, 1.165) is 0 Å². The molecule has 0 aromatic carbocycles. The second-order valence-electron chi connectivity index (χ2n) is 4.99. The first-order valence-electron chi connectivity index (χ1n) is 7.21.